The molecule has 1 aliphatic carbocycles. The number of hydrogen-bond acceptors (Lipinski definition) is 2. The van der Waals surface area contributed by atoms with E-state index in [-0.39, 0.29) is 0 Å². The van der Waals surface area contributed by atoms with Gasteiger partial charge in [-0.2, -0.15) is 0 Å². The Morgan fingerprint density at radius 1 is 1.57 bits per heavy atom. The fraction of sp³-hybridized carbons (Fsp3) is 0.667. The predicted octanol–water partition coefficient (Wildman–Crippen LogP) is 3.08. The van der Waals surface area contributed by atoms with Gasteiger partial charge in [0.2, 0.25) is 0 Å². The van der Waals surface area contributed by atoms with E-state index in [4.69, 9.17) is 5.73 Å². The summed E-state index contributed by atoms with van der Waals surface area (Å²) in [7, 11) is 0. The molecule has 1 fully saturated rings. The van der Waals surface area contributed by atoms with E-state index in [9.17, 15) is 0 Å². The molecule has 1 aromatic rings. The summed E-state index contributed by atoms with van der Waals surface area (Å²) < 4.78 is 0. The van der Waals surface area contributed by atoms with Crippen molar-refractivity contribution in [3.8, 4) is 0 Å². The van der Waals surface area contributed by atoms with Crippen LogP contribution in [0, 0.1) is 0 Å². The van der Waals surface area contributed by atoms with E-state index in [1.54, 1.807) is 10.4 Å². The minimum atomic E-state index is 0.313. The second kappa shape index (κ2) is 3.67. The zero-order valence-corrected chi connectivity index (χ0v) is 9.86. The maximum absolute atomic E-state index is 6.09. The maximum Gasteiger partial charge on any atom is 0.0113 e. The van der Waals surface area contributed by atoms with Crippen molar-refractivity contribution in [1.29, 1.82) is 0 Å². The highest BCUT2D eigenvalue weighted by molar-refractivity contribution is 7.10. The van der Waals surface area contributed by atoms with Crippen LogP contribution in [-0.4, -0.2) is 6.04 Å². The number of aryl methyl sites for hydroxylation is 1. The first kappa shape index (κ1) is 10.2. The number of rotatable bonds is 4. The fourth-order valence-corrected chi connectivity index (χ4v) is 3.40. The maximum atomic E-state index is 6.09. The van der Waals surface area contributed by atoms with Gasteiger partial charge in [-0.05, 0) is 43.2 Å². The second-order valence-electron chi connectivity index (χ2n) is 4.45. The van der Waals surface area contributed by atoms with Crippen LogP contribution in [0.2, 0.25) is 0 Å². The topological polar surface area (TPSA) is 26.0 Å². The van der Waals surface area contributed by atoms with Crippen molar-refractivity contribution in [2.24, 2.45) is 5.73 Å². The van der Waals surface area contributed by atoms with Gasteiger partial charge in [0.05, 0.1) is 0 Å². The van der Waals surface area contributed by atoms with Gasteiger partial charge in [-0.25, -0.2) is 0 Å². The van der Waals surface area contributed by atoms with E-state index < -0.39 is 0 Å². The van der Waals surface area contributed by atoms with Crippen molar-refractivity contribution in [1.82, 2.24) is 0 Å². The molecule has 2 rings (SSSR count). The molecule has 14 heavy (non-hydrogen) atoms. The first-order chi connectivity index (χ1) is 6.70. The van der Waals surface area contributed by atoms with Crippen molar-refractivity contribution >= 4 is 11.3 Å². The van der Waals surface area contributed by atoms with E-state index in [0.29, 0.717) is 11.5 Å². The lowest BCUT2D eigenvalue weighted by Crippen LogP contribution is -2.31. The van der Waals surface area contributed by atoms with Crippen LogP contribution in [0.5, 0.6) is 0 Å². The van der Waals surface area contributed by atoms with Gasteiger partial charge in [0.1, 0.15) is 0 Å². The average Bonchev–Trinajstić information content (AvgIpc) is 2.83. The molecule has 0 amide bonds. The van der Waals surface area contributed by atoms with Crippen molar-refractivity contribution in [2.45, 2.75) is 51.0 Å². The summed E-state index contributed by atoms with van der Waals surface area (Å²) in [4.78, 5) is 1.57. The molecule has 0 bridgehead atoms. The summed E-state index contributed by atoms with van der Waals surface area (Å²) in [5.41, 5.74) is 8.00. The molecule has 0 spiro atoms. The zero-order valence-electron chi connectivity index (χ0n) is 9.05. The SMILES string of the molecule is CCCc1sccc1C1([C@@H](C)N)CC1. The van der Waals surface area contributed by atoms with Crippen molar-refractivity contribution in [2.75, 3.05) is 0 Å². The molecule has 0 unspecified atom stereocenters. The van der Waals surface area contributed by atoms with Crippen LogP contribution >= 0.6 is 11.3 Å². The summed E-state index contributed by atoms with van der Waals surface area (Å²) in [5, 5.41) is 2.22. The van der Waals surface area contributed by atoms with Crippen LogP contribution in [-0.2, 0) is 11.8 Å². The van der Waals surface area contributed by atoms with Gasteiger partial charge in [-0.3, -0.25) is 0 Å². The minimum Gasteiger partial charge on any atom is -0.327 e. The standard InChI is InChI=1S/C12H19NS/c1-3-4-11-10(5-8-14-11)12(6-7-12)9(2)13/h5,8-9H,3-4,6-7,13H2,1-2H3/t9-/m1/s1. The largest absolute Gasteiger partial charge is 0.327 e. The van der Waals surface area contributed by atoms with E-state index in [2.05, 4.69) is 25.3 Å². The van der Waals surface area contributed by atoms with Gasteiger partial charge in [0, 0.05) is 16.3 Å². The second-order valence-corrected chi connectivity index (χ2v) is 5.45. The Morgan fingerprint density at radius 3 is 2.79 bits per heavy atom. The third kappa shape index (κ3) is 1.51. The van der Waals surface area contributed by atoms with Crippen LogP contribution in [0.1, 0.15) is 43.6 Å². The van der Waals surface area contributed by atoms with Crippen LogP contribution < -0.4 is 5.73 Å². The summed E-state index contributed by atoms with van der Waals surface area (Å²) in [6.07, 6.45) is 5.04. The third-order valence-electron chi connectivity index (χ3n) is 3.42. The molecular weight excluding hydrogens is 190 g/mol. The monoisotopic (exact) mass is 209 g/mol. The highest BCUT2D eigenvalue weighted by atomic mass is 32.1. The Hall–Kier alpha value is -0.340. The third-order valence-corrected chi connectivity index (χ3v) is 4.40. The number of hydrogen-bond donors (Lipinski definition) is 1. The van der Waals surface area contributed by atoms with Gasteiger partial charge in [0.15, 0.2) is 0 Å². The van der Waals surface area contributed by atoms with Crippen LogP contribution in [0.4, 0.5) is 0 Å². The van der Waals surface area contributed by atoms with Crippen molar-refractivity contribution in [3.63, 3.8) is 0 Å². The number of nitrogens with two attached hydrogens (primary N) is 1. The highest BCUT2D eigenvalue weighted by Gasteiger charge is 2.48. The fourth-order valence-electron chi connectivity index (χ4n) is 2.31. The average molecular weight is 209 g/mol. The molecular formula is C12H19NS. The Labute approximate surface area is 90.3 Å². The Balaban J connectivity index is 2.27. The highest BCUT2D eigenvalue weighted by Crippen LogP contribution is 2.52. The molecule has 0 saturated heterocycles. The van der Waals surface area contributed by atoms with Crippen LogP contribution in [0.3, 0.4) is 0 Å². The Morgan fingerprint density at radius 2 is 2.29 bits per heavy atom. The lowest BCUT2D eigenvalue weighted by atomic mass is 9.89. The molecule has 1 saturated carbocycles. The first-order valence-electron chi connectivity index (χ1n) is 5.53. The Bertz CT molecular complexity index is 310. The Kier molecular flexibility index (Phi) is 2.67. The lowest BCUT2D eigenvalue weighted by Gasteiger charge is -2.20. The molecule has 2 heteroatoms. The normalized spacial score (nSPS) is 20.8. The summed E-state index contributed by atoms with van der Waals surface area (Å²) in [5.74, 6) is 0. The molecule has 1 aromatic heterocycles. The van der Waals surface area contributed by atoms with Gasteiger partial charge in [-0.1, -0.05) is 13.3 Å². The summed E-state index contributed by atoms with van der Waals surface area (Å²) in [6.45, 7) is 4.40. The quantitative estimate of drug-likeness (QED) is 0.810. The zero-order chi connectivity index (χ0) is 10.2. The van der Waals surface area contributed by atoms with Crippen LogP contribution in [0.25, 0.3) is 0 Å². The lowest BCUT2D eigenvalue weighted by molar-refractivity contribution is 0.553. The van der Waals surface area contributed by atoms with Gasteiger partial charge < -0.3 is 5.73 Å². The smallest absolute Gasteiger partial charge is 0.0113 e. The van der Waals surface area contributed by atoms with Gasteiger partial charge in [-0.15, -0.1) is 11.3 Å². The first-order valence-corrected chi connectivity index (χ1v) is 6.41. The molecule has 1 nitrogen and oxygen atoms in total. The number of thiophene rings is 1. The molecule has 78 valence electrons. The van der Waals surface area contributed by atoms with E-state index in [1.807, 2.05) is 11.3 Å². The van der Waals surface area contributed by atoms with Crippen molar-refractivity contribution < 1.29 is 0 Å². The van der Waals surface area contributed by atoms with Crippen LogP contribution in [0.15, 0.2) is 11.4 Å². The summed E-state index contributed by atoms with van der Waals surface area (Å²) >= 11 is 1.90. The molecule has 1 heterocycles. The molecule has 0 aromatic carbocycles. The molecule has 0 radical (unpaired) electrons. The van der Waals surface area contributed by atoms with Crippen molar-refractivity contribution in [3.05, 3.63) is 21.9 Å². The van der Waals surface area contributed by atoms with E-state index >= 15 is 0 Å². The molecule has 1 aliphatic rings. The van der Waals surface area contributed by atoms with E-state index in [0.717, 1.165) is 0 Å². The molecule has 0 aliphatic heterocycles. The minimum absolute atomic E-state index is 0.313. The van der Waals surface area contributed by atoms with Gasteiger partial charge >= 0.3 is 0 Å². The summed E-state index contributed by atoms with van der Waals surface area (Å²) in [6, 6.07) is 2.61. The molecule has 2 N–H and O–H groups in total. The predicted molar refractivity (Wildman–Crippen MR) is 62.9 cm³/mol. The van der Waals surface area contributed by atoms with Gasteiger partial charge in [0.25, 0.3) is 0 Å². The molecule has 1 atom stereocenters. The van der Waals surface area contributed by atoms with E-state index in [1.165, 1.54) is 25.7 Å².